The minimum Gasteiger partial charge on any atom is -0.469 e. The van der Waals surface area contributed by atoms with Crippen molar-refractivity contribution in [2.75, 3.05) is 26.7 Å². The summed E-state index contributed by atoms with van der Waals surface area (Å²) >= 11 is 0. The van der Waals surface area contributed by atoms with Crippen LogP contribution in [-0.4, -0.2) is 43.7 Å². The number of hydrogen-bond acceptors (Lipinski definition) is 4. The van der Waals surface area contributed by atoms with Gasteiger partial charge < -0.3 is 10.5 Å². The second-order valence-corrected chi connectivity index (χ2v) is 5.23. The number of esters is 1. The second kappa shape index (κ2) is 5.64. The van der Waals surface area contributed by atoms with E-state index in [4.69, 9.17) is 10.5 Å². The highest BCUT2D eigenvalue weighted by molar-refractivity contribution is 5.76. The van der Waals surface area contributed by atoms with Crippen molar-refractivity contribution in [3.05, 3.63) is 0 Å². The van der Waals surface area contributed by atoms with Crippen LogP contribution in [0, 0.1) is 5.41 Å². The molecule has 1 rings (SSSR count). The highest BCUT2D eigenvalue weighted by atomic mass is 16.5. The number of carbonyl (C=O) groups excluding carboxylic acids is 1. The minimum absolute atomic E-state index is 0.145. The molecule has 4 heteroatoms. The molecule has 0 aromatic carbocycles. The molecular formula is C12H24N2O2. The first kappa shape index (κ1) is 13.5. The van der Waals surface area contributed by atoms with E-state index in [0.29, 0.717) is 12.6 Å². The highest BCUT2D eigenvalue weighted by Crippen LogP contribution is 2.24. The standard InChI is InChI=1S/C12H24N2O2/c1-12(2,11(15)16-3)9-14-7-5-4-6-10(14)8-13/h10H,4-9,13H2,1-3H3. The summed E-state index contributed by atoms with van der Waals surface area (Å²) in [6.07, 6.45) is 3.60. The van der Waals surface area contributed by atoms with Crippen LogP contribution in [0.2, 0.25) is 0 Å². The molecule has 1 aliphatic rings. The number of nitrogens with two attached hydrogens (primary N) is 1. The van der Waals surface area contributed by atoms with Crippen LogP contribution in [0.1, 0.15) is 33.1 Å². The molecular weight excluding hydrogens is 204 g/mol. The predicted molar refractivity (Wildman–Crippen MR) is 64.1 cm³/mol. The Balaban J connectivity index is 2.60. The molecule has 0 saturated carbocycles. The van der Waals surface area contributed by atoms with Gasteiger partial charge in [-0.3, -0.25) is 9.69 Å². The van der Waals surface area contributed by atoms with Crippen molar-refractivity contribution in [2.24, 2.45) is 11.1 Å². The molecule has 94 valence electrons. The van der Waals surface area contributed by atoms with Crippen LogP contribution >= 0.6 is 0 Å². The summed E-state index contributed by atoms with van der Waals surface area (Å²) in [4.78, 5) is 14.0. The smallest absolute Gasteiger partial charge is 0.312 e. The largest absolute Gasteiger partial charge is 0.469 e. The van der Waals surface area contributed by atoms with Gasteiger partial charge in [-0.25, -0.2) is 0 Å². The van der Waals surface area contributed by atoms with Crippen molar-refractivity contribution in [1.29, 1.82) is 0 Å². The summed E-state index contributed by atoms with van der Waals surface area (Å²) in [5.74, 6) is -0.145. The molecule has 1 fully saturated rings. The van der Waals surface area contributed by atoms with Crippen LogP contribution in [0.4, 0.5) is 0 Å². The van der Waals surface area contributed by atoms with E-state index in [9.17, 15) is 4.79 Å². The highest BCUT2D eigenvalue weighted by Gasteiger charge is 2.34. The number of likely N-dealkylation sites (tertiary alicyclic amines) is 1. The molecule has 1 aliphatic heterocycles. The Morgan fingerprint density at radius 2 is 2.19 bits per heavy atom. The van der Waals surface area contributed by atoms with E-state index in [2.05, 4.69) is 4.90 Å². The molecule has 0 amide bonds. The first-order valence-corrected chi connectivity index (χ1v) is 6.04. The molecule has 1 atom stereocenters. The lowest BCUT2D eigenvalue weighted by Crippen LogP contribution is -2.49. The van der Waals surface area contributed by atoms with Crippen LogP contribution in [0.25, 0.3) is 0 Å². The molecule has 0 aromatic rings. The molecule has 0 aliphatic carbocycles. The number of hydrogen-bond donors (Lipinski definition) is 1. The topological polar surface area (TPSA) is 55.6 Å². The lowest BCUT2D eigenvalue weighted by atomic mass is 9.90. The van der Waals surface area contributed by atoms with E-state index in [1.54, 1.807) is 0 Å². The molecule has 2 N–H and O–H groups in total. The Hall–Kier alpha value is -0.610. The van der Waals surface area contributed by atoms with Crippen molar-refractivity contribution in [3.63, 3.8) is 0 Å². The monoisotopic (exact) mass is 228 g/mol. The fraction of sp³-hybridized carbons (Fsp3) is 0.917. The zero-order valence-electron chi connectivity index (χ0n) is 10.7. The average molecular weight is 228 g/mol. The Kier molecular flexibility index (Phi) is 4.74. The maximum atomic E-state index is 11.6. The average Bonchev–Trinajstić information content (AvgIpc) is 2.28. The van der Waals surface area contributed by atoms with Gasteiger partial charge in [0.2, 0.25) is 0 Å². The number of carbonyl (C=O) groups is 1. The van der Waals surface area contributed by atoms with Gasteiger partial charge in [0, 0.05) is 19.1 Å². The third-order valence-corrected chi connectivity index (χ3v) is 3.36. The Morgan fingerprint density at radius 3 is 2.75 bits per heavy atom. The molecule has 0 bridgehead atoms. The third-order valence-electron chi connectivity index (χ3n) is 3.36. The fourth-order valence-electron chi connectivity index (χ4n) is 2.38. The van der Waals surface area contributed by atoms with Crippen LogP contribution in [0.3, 0.4) is 0 Å². The van der Waals surface area contributed by atoms with Crippen molar-refractivity contribution < 1.29 is 9.53 Å². The molecule has 16 heavy (non-hydrogen) atoms. The summed E-state index contributed by atoms with van der Waals surface area (Å²) in [5, 5.41) is 0. The zero-order chi connectivity index (χ0) is 12.2. The first-order chi connectivity index (χ1) is 7.51. The number of piperidine rings is 1. The first-order valence-electron chi connectivity index (χ1n) is 6.04. The zero-order valence-corrected chi connectivity index (χ0v) is 10.7. The summed E-state index contributed by atoms with van der Waals surface area (Å²) in [5.41, 5.74) is 5.32. The minimum atomic E-state index is -0.445. The quantitative estimate of drug-likeness (QED) is 0.729. The van der Waals surface area contributed by atoms with Gasteiger partial charge in [-0.2, -0.15) is 0 Å². The Morgan fingerprint density at radius 1 is 1.50 bits per heavy atom. The van der Waals surface area contributed by atoms with Crippen molar-refractivity contribution in [2.45, 2.75) is 39.2 Å². The number of nitrogens with zero attached hydrogens (tertiary/aromatic N) is 1. The molecule has 1 saturated heterocycles. The van der Waals surface area contributed by atoms with Gasteiger partial charge in [-0.1, -0.05) is 6.42 Å². The fourth-order valence-corrected chi connectivity index (χ4v) is 2.38. The molecule has 1 heterocycles. The second-order valence-electron chi connectivity index (χ2n) is 5.23. The van der Waals surface area contributed by atoms with Gasteiger partial charge in [0.25, 0.3) is 0 Å². The lowest BCUT2D eigenvalue weighted by molar-refractivity contribution is -0.152. The van der Waals surface area contributed by atoms with Gasteiger partial charge >= 0.3 is 5.97 Å². The molecule has 0 spiro atoms. The maximum absolute atomic E-state index is 11.6. The van der Waals surface area contributed by atoms with Crippen LogP contribution < -0.4 is 5.73 Å². The SMILES string of the molecule is COC(=O)C(C)(C)CN1CCCCC1CN. The van der Waals surface area contributed by atoms with E-state index >= 15 is 0 Å². The summed E-state index contributed by atoms with van der Waals surface area (Å²) < 4.78 is 4.83. The maximum Gasteiger partial charge on any atom is 0.312 e. The summed E-state index contributed by atoms with van der Waals surface area (Å²) in [6, 6.07) is 0.428. The Labute approximate surface area is 98.1 Å². The van der Waals surface area contributed by atoms with Crippen LogP contribution in [0.15, 0.2) is 0 Å². The van der Waals surface area contributed by atoms with Gasteiger partial charge in [-0.15, -0.1) is 0 Å². The molecule has 0 radical (unpaired) electrons. The van der Waals surface area contributed by atoms with Gasteiger partial charge in [0.1, 0.15) is 0 Å². The van der Waals surface area contributed by atoms with Crippen LogP contribution in [-0.2, 0) is 9.53 Å². The van der Waals surface area contributed by atoms with Crippen molar-refractivity contribution >= 4 is 5.97 Å². The van der Waals surface area contributed by atoms with E-state index in [-0.39, 0.29) is 5.97 Å². The Bertz CT molecular complexity index is 241. The van der Waals surface area contributed by atoms with Gasteiger partial charge in [0.05, 0.1) is 12.5 Å². The predicted octanol–water partition coefficient (Wildman–Crippen LogP) is 0.999. The molecule has 0 aromatic heterocycles. The molecule has 4 nitrogen and oxygen atoms in total. The van der Waals surface area contributed by atoms with E-state index in [0.717, 1.165) is 19.5 Å². The van der Waals surface area contributed by atoms with Crippen LogP contribution in [0.5, 0.6) is 0 Å². The summed E-state index contributed by atoms with van der Waals surface area (Å²) in [7, 11) is 1.45. The lowest BCUT2D eigenvalue weighted by Gasteiger charge is -2.39. The van der Waals surface area contributed by atoms with E-state index in [1.807, 2.05) is 13.8 Å². The van der Waals surface area contributed by atoms with E-state index < -0.39 is 5.41 Å². The number of methoxy groups -OCH3 is 1. The van der Waals surface area contributed by atoms with Crippen molar-refractivity contribution in [3.8, 4) is 0 Å². The van der Waals surface area contributed by atoms with Gasteiger partial charge in [0.15, 0.2) is 0 Å². The van der Waals surface area contributed by atoms with Gasteiger partial charge in [-0.05, 0) is 33.2 Å². The number of ether oxygens (including phenoxy) is 1. The normalized spacial score (nSPS) is 23.1. The summed E-state index contributed by atoms with van der Waals surface area (Å²) in [6.45, 7) is 6.32. The molecule has 1 unspecified atom stereocenters. The van der Waals surface area contributed by atoms with E-state index in [1.165, 1.54) is 20.0 Å². The number of rotatable bonds is 4. The van der Waals surface area contributed by atoms with Crippen molar-refractivity contribution in [1.82, 2.24) is 4.90 Å². The third kappa shape index (κ3) is 3.19.